The first-order valence-electron chi connectivity index (χ1n) is 5.62. The molecule has 0 aliphatic heterocycles. The molecule has 21 heavy (non-hydrogen) atoms. The standard InChI is InChI=1S/C12H11N5O3S/c13-6-9-10(14)5-11(15)17-12(9)16-7-1-3-8(4-2-7)21(18,19)20/h1-5H,(H,18,19,20)(H5,14,15,16,17). The molecule has 0 radical (unpaired) electrons. The van der Waals surface area contributed by atoms with Crippen LogP contribution in [0.15, 0.2) is 35.2 Å². The number of pyridine rings is 1. The smallest absolute Gasteiger partial charge is 0.294 e. The van der Waals surface area contributed by atoms with Gasteiger partial charge in [0.2, 0.25) is 0 Å². The molecule has 0 aliphatic rings. The topological polar surface area (TPSA) is 155 Å². The second kappa shape index (κ2) is 5.28. The molecular formula is C12H11N5O3S. The lowest BCUT2D eigenvalue weighted by atomic mass is 10.2. The molecule has 1 aromatic heterocycles. The third-order valence-electron chi connectivity index (χ3n) is 2.60. The van der Waals surface area contributed by atoms with E-state index in [0.29, 0.717) is 5.69 Å². The molecule has 0 aliphatic carbocycles. The van der Waals surface area contributed by atoms with E-state index in [1.165, 1.54) is 30.3 Å². The first-order chi connectivity index (χ1) is 9.81. The average Bonchev–Trinajstić information content (AvgIpc) is 2.38. The van der Waals surface area contributed by atoms with Crippen LogP contribution in [0.3, 0.4) is 0 Å². The summed E-state index contributed by atoms with van der Waals surface area (Å²) in [5.74, 6) is 0.304. The Balaban J connectivity index is 2.37. The van der Waals surface area contributed by atoms with E-state index in [0.717, 1.165) is 0 Å². The van der Waals surface area contributed by atoms with E-state index < -0.39 is 10.1 Å². The summed E-state index contributed by atoms with van der Waals surface area (Å²) in [5.41, 5.74) is 12.0. The van der Waals surface area contributed by atoms with Crippen LogP contribution in [0.2, 0.25) is 0 Å². The van der Waals surface area contributed by atoms with Gasteiger partial charge in [-0.3, -0.25) is 4.55 Å². The van der Waals surface area contributed by atoms with E-state index in [2.05, 4.69) is 10.3 Å². The van der Waals surface area contributed by atoms with E-state index in [1.54, 1.807) is 0 Å². The lowest BCUT2D eigenvalue weighted by molar-refractivity contribution is 0.483. The predicted octanol–water partition coefficient (Wildman–Crippen LogP) is 1.11. The Labute approximate surface area is 120 Å². The summed E-state index contributed by atoms with van der Waals surface area (Å²) < 4.78 is 30.8. The van der Waals surface area contributed by atoms with Crippen LogP contribution in [0, 0.1) is 11.3 Å². The van der Waals surface area contributed by atoms with Crippen LogP contribution >= 0.6 is 0 Å². The predicted molar refractivity (Wildman–Crippen MR) is 77.3 cm³/mol. The lowest BCUT2D eigenvalue weighted by Gasteiger charge is -2.10. The van der Waals surface area contributed by atoms with Gasteiger partial charge in [-0.1, -0.05) is 0 Å². The van der Waals surface area contributed by atoms with Gasteiger partial charge in [0.1, 0.15) is 17.5 Å². The van der Waals surface area contributed by atoms with Gasteiger partial charge in [0.25, 0.3) is 10.1 Å². The number of nitrogen functional groups attached to an aromatic ring is 2. The van der Waals surface area contributed by atoms with Gasteiger partial charge in [-0.2, -0.15) is 13.7 Å². The van der Waals surface area contributed by atoms with Crippen molar-refractivity contribution in [3.63, 3.8) is 0 Å². The number of nitrogens with two attached hydrogens (primary N) is 2. The first kappa shape index (κ1) is 14.6. The van der Waals surface area contributed by atoms with E-state index in [9.17, 15) is 8.42 Å². The zero-order valence-corrected chi connectivity index (χ0v) is 11.4. The summed E-state index contributed by atoms with van der Waals surface area (Å²) in [4.78, 5) is 3.73. The van der Waals surface area contributed by atoms with Crippen molar-refractivity contribution in [2.75, 3.05) is 16.8 Å². The van der Waals surface area contributed by atoms with Crippen molar-refractivity contribution in [2.24, 2.45) is 0 Å². The van der Waals surface area contributed by atoms with Crippen LogP contribution in [0.4, 0.5) is 23.0 Å². The number of rotatable bonds is 3. The Bertz CT molecular complexity index is 825. The van der Waals surface area contributed by atoms with Crippen molar-refractivity contribution in [1.82, 2.24) is 4.98 Å². The summed E-state index contributed by atoms with van der Waals surface area (Å²) in [5, 5.41) is 11.9. The zero-order valence-electron chi connectivity index (χ0n) is 10.6. The SMILES string of the molecule is N#Cc1c(N)cc(N)nc1Nc1ccc(S(=O)(=O)O)cc1. The summed E-state index contributed by atoms with van der Waals surface area (Å²) >= 11 is 0. The largest absolute Gasteiger partial charge is 0.397 e. The molecule has 0 fully saturated rings. The van der Waals surface area contributed by atoms with Crippen LogP contribution in [0.25, 0.3) is 0 Å². The maximum atomic E-state index is 10.9. The van der Waals surface area contributed by atoms with Crippen LogP contribution < -0.4 is 16.8 Å². The number of hydrogen-bond donors (Lipinski definition) is 4. The highest BCUT2D eigenvalue weighted by Gasteiger charge is 2.11. The number of nitrogens with one attached hydrogen (secondary N) is 1. The number of nitriles is 1. The molecule has 108 valence electrons. The van der Waals surface area contributed by atoms with Gasteiger partial charge in [-0.15, -0.1) is 0 Å². The number of nitrogens with zero attached hydrogens (tertiary/aromatic N) is 2. The molecule has 2 rings (SSSR count). The molecule has 0 amide bonds. The van der Waals surface area contributed by atoms with Gasteiger partial charge in [-0.05, 0) is 24.3 Å². The summed E-state index contributed by atoms with van der Waals surface area (Å²) in [7, 11) is -4.25. The van der Waals surface area contributed by atoms with Crippen molar-refractivity contribution in [2.45, 2.75) is 4.90 Å². The van der Waals surface area contributed by atoms with E-state index in [1.807, 2.05) is 6.07 Å². The maximum Gasteiger partial charge on any atom is 0.294 e. The van der Waals surface area contributed by atoms with Crippen molar-refractivity contribution in [3.05, 3.63) is 35.9 Å². The minimum atomic E-state index is -4.25. The van der Waals surface area contributed by atoms with E-state index >= 15 is 0 Å². The molecule has 9 heteroatoms. The summed E-state index contributed by atoms with van der Waals surface area (Å²) in [6.07, 6.45) is 0. The fourth-order valence-corrected chi connectivity index (χ4v) is 2.12. The van der Waals surface area contributed by atoms with Crippen molar-refractivity contribution >= 4 is 33.1 Å². The highest BCUT2D eigenvalue weighted by molar-refractivity contribution is 7.85. The third-order valence-corrected chi connectivity index (χ3v) is 3.46. The van der Waals surface area contributed by atoms with Crippen molar-refractivity contribution in [1.29, 1.82) is 5.26 Å². The number of hydrogen-bond acceptors (Lipinski definition) is 7. The Kier molecular flexibility index (Phi) is 3.66. The monoisotopic (exact) mass is 305 g/mol. The molecule has 2 aromatic rings. The minimum absolute atomic E-state index is 0.128. The fraction of sp³-hybridized carbons (Fsp3) is 0. The number of benzene rings is 1. The molecule has 0 saturated heterocycles. The molecular weight excluding hydrogens is 294 g/mol. The minimum Gasteiger partial charge on any atom is -0.397 e. The van der Waals surface area contributed by atoms with Gasteiger partial charge in [-0.25, -0.2) is 4.98 Å². The maximum absolute atomic E-state index is 10.9. The van der Waals surface area contributed by atoms with Crippen LogP contribution in [-0.2, 0) is 10.1 Å². The second-order valence-electron chi connectivity index (χ2n) is 4.10. The van der Waals surface area contributed by atoms with Crippen LogP contribution in [0.5, 0.6) is 0 Å². The van der Waals surface area contributed by atoms with Gasteiger partial charge in [0.05, 0.1) is 10.6 Å². The van der Waals surface area contributed by atoms with E-state index in [-0.39, 0.29) is 27.8 Å². The fourth-order valence-electron chi connectivity index (χ4n) is 1.64. The molecule has 0 spiro atoms. The number of anilines is 4. The summed E-state index contributed by atoms with van der Waals surface area (Å²) in [6.45, 7) is 0. The lowest BCUT2D eigenvalue weighted by Crippen LogP contribution is -2.04. The van der Waals surface area contributed by atoms with Gasteiger partial charge >= 0.3 is 0 Å². The third kappa shape index (κ3) is 3.19. The Morgan fingerprint density at radius 2 is 1.86 bits per heavy atom. The van der Waals surface area contributed by atoms with E-state index in [4.69, 9.17) is 21.3 Å². The van der Waals surface area contributed by atoms with Crippen LogP contribution in [-0.4, -0.2) is 18.0 Å². The highest BCUT2D eigenvalue weighted by atomic mass is 32.2. The molecule has 1 aromatic carbocycles. The van der Waals surface area contributed by atoms with Gasteiger partial charge in [0, 0.05) is 11.8 Å². The molecule has 1 heterocycles. The molecule has 0 saturated carbocycles. The Hall–Kier alpha value is -2.83. The number of aromatic nitrogens is 1. The Morgan fingerprint density at radius 1 is 1.24 bits per heavy atom. The van der Waals surface area contributed by atoms with Crippen molar-refractivity contribution in [3.8, 4) is 6.07 Å². The molecule has 0 atom stereocenters. The molecule has 0 bridgehead atoms. The van der Waals surface area contributed by atoms with Crippen LogP contribution in [0.1, 0.15) is 5.56 Å². The highest BCUT2D eigenvalue weighted by Crippen LogP contribution is 2.25. The zero-order chi connectivity index (χ0) is 15.6. The molecule has 8 nitrogen and oxygen atoms in total. The quantitative estimate of drug-likeness (QED) is 0.614. The molecule has 6 N–H and O–H groups in total. The summed E-state index contributed by atoms with van der Waals surface area (Å²) in [6, 6.07) is 8.50. The normalized spacial score (nSPS) is 10.9. The first-order valence-corrected chi connectivity index (χ1v) is 7.06. The van der Waals surface area contributed by atoms with Gasteiger partial charge in [0.15, 0.2) is 5.82 Å². The average molecular weight is 305 g/mol. The van der Waals surface area contributed by atoms with Crippen molar-refractivity contribution < 1.29 is 13.0 Å². The molecule has 0 unspecified atom stereocenters. The second-order valence-corrected chi connectivity index (χ2v) is 5.52. The Morgan fingerprint density at radius 3 is 2.38 bits per heavy atom. The van der Waals surface area contributed by atoms with Gasteiger partial charge < -0.3 is 16.8 Å².